The highest BCUT2D eigenvalue weighted by Crippen LogP contribution is 2.23. The second kappa shape index (κ2) is 6.92. The third-order valence-electron chi connectivity index (χ3n) is 4.03. The van der Waals surface area contributed by atoms with Crippen LogP contribution in [-0.2, 0) is 9.53 Å². The molecule has 1 amide bonds. The Bertz CT molecular complexity index is 755. The molecule has 2 aromatic rings. The average Bonchev–Trinajstić information content (AvgIpc) is 2.98. The van der Waals surface area contributed by atoms with Crippen LogP contribution in [0.1, 0.15) is 23.8 Å². The molecule has 128 valence electrons. The topological polar surface area (TPSA) is 91.9 Å². The molecule has 1 aliphatic heterocycles. The highest BCUT2D eigenvalue weighted by Gasteiger charge is 2.30. The van der Waals surface area contributed by atoms with Crippen molar-refractivity contribution in [1.82, 2.24) is 9.88 Å². The van der Waals surface area contributed by atoms with Crippen molar-refractivity contribution in [2.45, 2.75) is 19.4 Å². The Hall–Kier alpha value is -2.54. The number of carboxylic acids is 1. The minimum absolute atomic E-state index is 0.125. The summed E-state index contributed by atoms with van der Waals surface area (Å²) in [7, 11) is 0. The van der Waals surface area contributed by atoms with E-state index in [1.165, 1.54) is 0 Å². The largest absolute Gasteiger partial charge is 0.494 e. The molecular formula is C17H20N2O5. The number of carboxylic acid groups (broad SMARTS) is 1. The van der Waals surface area contributed by atoms with Crippen LogP contribution in [0.5, 0.6) is 5.75 Å². The van der Waals surface area contributed by atoms with E-state index < -0.39 is 12.0 Å². The van der Waals surface area contributed by atoms with E-state index in [1.54, 1.807) is 11.0 Å². The molecule has 1 aromatic carbocycles. The van der Waals surface area contributed by atoms with Gasteiger partial charge >= 0.3 is 5.97 Å². The first-order chi connectivity index (χ1) is 11.6. The summed E-state index contributed by atoms with van der Waals surface area (Å²) in [5, 5.41) is 9.92. The number of rotatable bonds is 5. The van der Waals surface area contributed by atoms with Crippen LogP contribution >= 0.6 is 0 Å². The zero-order valence-corrected chi connectivity index (χ0v) is 13.4. The van der Waals surface area contributed by atoms with Gasteiger partial charge in [-0.05, 0) is 25.1 Å². The van der Waals surface area contributed by atoms with E-state index in [1.807, 2.05) is 25.1 Å². The van der Waals surface area contributed by atoms with Crippen LogP contribution in [0.3, 0.4) is 0 Å². The van der Waals surface area contributed by atoms with Crippen LogP contribution in [0.4, 0.5) is 0 Å². The number of aromatic nitrogens is 1. The molecule has 1 saturated heterocycles. The van der Waals surface area contributed by atoms with E-state index in [9.17, 15) is 9.59 Å². The van der Waals surface area contributed by atoms with Crippen molar-refractivity contribution in [3.63, 3.8) is 0 Å². The van der Waals surface area contributed by atoms with Crippen molar-refractivity contribution in [2.24, 2.45) is 0 Å². The standard InChI is InChI=1S/C17H20N2O5/c1-2-24-13-4-3-11-7-15(18-14(11)9-13)17(22)19-5-6-23-10-12(19)8-16(20)21/h3-4,7,9,12,18H,2,5-6,8,10H2,1H3,(H,20,21). The highest BCUT2D eigenvalue weighted by atomic mass is 16.5. The monoisotopic (exact) mass is 332 g/mol. The molecule has 0 spiro atoms. The van der Waals surface area contributed by atoms with Gasteiger partial charge in [-0.25, -0.2) is 0 Å². The Kier molecular flexibility index (Phi) is 4.71. The molecule has 1 unspecified atom stereocenters. The SMILES string of the molecule is CCOc1ccc2cc(C(=O)N3CCOCC3CC(=O)O)[nH]c2c1. The van der Waals surface area contributed by atoms with Gasteiger partial charge in [-0.3, -0.25) is 9.59 Å². The zero-order chi connectivity index (χ0) is 17.1. The third-order valence-corrected chi connectivity index (χ3v) is 4.03. The molecule has 3 rings (SSSR count). The van der Waals surface area contributed by atoms with E-state index in [4.69, 9.17) is 14.6 Å². The van der Waals surface area contributed by atoms with Crippen LogP contribution < -0.4 is 4.74 Å². The van der Waals surface area contributed by atoms with Gasteiger partial charge in [0.15, 0.2) is 0 Å². The number of aromatic amines is 1. The second-order valence-electron chi connectivity index (χ2n) is 5.69. The van der Waals surface area contributed by atoms with Crippen LogP contribution in [0, 0.1) is 0 Å². The second-order valence-corrected chi connectivity index (χ2v) is 5.69. The molecule has 2 N–H and O–H groups in total. The summed E-state index contributed by atoms with van der Waals surface area (Å²) in [5.41, 5.74) is 1.25. The van der Waals surface area contributed by atoms with Gasteiger partial charge < -0.3 is 24.5 Å². The summed E-state index contributed by atoms with van der Waals surface area (Å²) in [6, 6.07) is 6.93. The number of nitrogens with one attached hydrogen (secondary N) is 1. The maximum absolute atomic E-state index is 12.8. The molecule has 7 heteroatoms. The number of ether oxygens (including phenoxy) is 2. The number of benzene rings is 1. The summed E-state index contributed by atoms with van der Waals surface area (Å²) >= 11 is 0. The predicted octanol–water partition coefficient (Wildman–Crippen LogP) is 1.88. The lowest BCUT2D eigenvalue weighted by Crippen LogP contribution is -2.49. The molecule has 7 nitrogen and oxygen atoms in total. The number of hydrogen-bond donors (Lipinski definition) is 2. The number of nitrogens with zero attached hydrogens (tertiary/aromatic N) is 1. The lowest BCUT2D eigenvalue weighted by Gasteiger charge is -2.34. The summed E-state index contributed by atoms with van der Waals surface area (Å²) < 4.78 is 10.8. The summed E-state index contributed by atoms with van der Waals surface area (Å²) in [5.74, 6) is -0.416. The number of morpholine rings is 1. The van der Waals surface area contributed by atoms with Gasteiger partial charge in [0.25, 0.3) is 5.91 Å². The number of carbonyl (C=O) groups excluding carboxylic acids is 1. The smallest absolute Gasteiger partial charge is 0.305 e. The number of H-pyrrole nitrogens is 1. The van der Waals surface area contributed by atoms with E-state index >= 15 is 0 Å². The molecule has 1 aromatic heterocycles. The summed E-state index contributed by atoms with van der Waals surface area (Å²) in [6.07, 6.45) is -0.125. The number of hydrogen-bond acceptors (Lipinski definition) is 4. The van der Waals surface area contributed by atoms with Crippen LogP contribution in [0.15, 0.2) is 24.3 Å². The zero-order valence-electron chi connectivity index (χ0n) is 13.4. The molecule has 0 bridgehead atoms. The summed E-state index contributed by atoms with van der Waals surface area (Å²) in [4.78, 5) is 28.5. The lowest BCUT2D eigenvalue weighted by molar-refractivity contribution is -0.139. The van der Waals surface area contributed by atoms with Crippen molar-refractivity contribution in [3.8, 4) is 5.75 Å². The molecule has 1 fully saturated rings. The molecule has 0 aliphatic carbocycles. The first kappa shape index (κ1) is 16.3. The lowest BCUT2D eigenvalue weighted by atomic mass is 10.1. The third kappa shape index (κ3) is 3.35. The summed E-state index contributed by atoms with van der Waals surface area (Å²) in [6.45, 7) is 3.52. The fourth-order valence-electron chi connectivity index (χ4n) is 2.93. The minimum Gasteiger partial charge on any atom is -0.494 e. The fraction of sp³-hybridized carbons (Fsp3) is 0.412. The molecule has 1 aliphatic rings. The molecule has 24 heavy (non-hydrogen) atoms. The number of carbonyl (C=O) groups is 2. The minimum atomic E-state index is -0.943. The van der Waals surface area contributed by atoms with E-state index in [0.29, 0.717) is 25.5 Å². The van der Waals surface area contributed by atoms with E-state index in [0.717, 1.165) is 16.7 Å². The Morgan fingerprint density at radius 3 is 3.00 bits per heavy atom. The molecule has 0 radical (unpaired) electrons. The quantitative estimate of drug-likeness (QED) is 0.872. The van der Waals surface area contributed by atoms with Gasteiger partial charge in [0.05, 0.1) is 32.3 Å². The Balaban J connectivity index is 1.85. The molecule has 0 saturated carbocycles. The van der Waals surface area contributed by atoms with Crippen molar-refractivity contribution >= 4 is 22.8 Å². The van der Waals surface area contributed by atoms with E-state index in [-0.39, 0.29) is 18.9 Å². The van der Waals surface area contributed by atoms with Gasteiger partial charge in [0.2, 0.25) is 0 Å². The van der Waals surface area contributed by atoms with Gasteiger partial charge in [-0.15, -0.1) is 0 Å². The average molecular weight is 332 g/mol. The van der Waals surface area contributed by atoms with Crippen LogP contribution in [0.2, 0.25) is 0 Å². The predicted molar refractivity (Wildman–Crippen MR) is 87.4 cm³/mol. The number of aliphatic carboxylic acids is 1. The van der Waals surface area contributed by atoms with Gasteiger partial charge in [-0.2, -0.15) is 0 Å². The van der Waals surface area contributed by atoms with Gasteiger partial charge in [-0.1, -0.05) is 0 Å². The van der Waals surface area contributed by atoms with E-state index in [2.05, 4.69) is 4.98 Å². The fourth-order valence-corrected chi connectivity index (χ4v) is 2.93. The molecule has 1 atom stereocenters. The Labute approximate surface area is 139 Å². The Morgan fingerprint density at radius 2 is 2.25 bits per heavy atom. The van der Waals surface area contributed by atoms with Crippen molar-refractivity contribution in [1.29, 1.82) is 0 Å². The van der Waals surface area contributed by atoms with Crippen molar-refractivity contribution in [3.05, 3.63) is 30.0 Å². The Morgan fingerprint density at radius 1 is 1.42 bits per heavy atom. The maximum Gasteiger partial charge on any atom is 0.305 e. The first-order valence-electron chi connectivity index (χ1n) is 7.94. The van der Waals surface area contributed by atoms with Gasteiger partial charge in [0, 0.05) is 23.5 Å². The highest BCUT2D eigenvalue weighted by molar-refractivity contribution is 5.98. The van der Waals surface area contributed by atoms with Crippen molar-refractivity contribution < 1.29 is 24.2 Å². The van der Waals surface area contributed by atoms with Gasteiger partial charge in [0.1, 0.15) is 11.4 Å². The molecule has 2 heterocycles. The maximum atomic E-state index is 12.8. The number of fused-ring (bicyclic) bond motifs is 1. The molecular weight excluding hydrogens is 312 g/mol. The normalized spacial score (nSPS) is 17.9. The van der Waals surface area contributed by atoms with Crippen molar-refractivity contribution in [2.75, 3.05) is 26.4 Å². The first-order valence-corrected chi connectivity index (χ1v) is 7.94. The number of amides is 1. The van der Waals surface area contributed by atoms with Crippen LogP contribution in [0.25, 0.3) is 10.9 Å². The van der Waals surface area contributed by atoms with Crippen LogP contribution in [-0.4, -0.2) is 59.3 Å².